The van der Waals surface area contributed by atoms with Gasteiger partial charge in [0.1, 0.15) is 0 Å². The molecule has 0 spiro atoms. The highest BCUT2D eigenvalue weighted by molar-refractivity contribution is 5.97. The summed E-state index contributed by atoms with van der Waals surface area (Å²) in [4.78, 5) is 16.7. The van der Waals surface area contributed by atoms with Gasteiger partial charge in [-0.1, -0.05) is 18.6 Å². The third-order valence-corrected chi connectivity index (χ3v) is 6.21. The number of morpholine rings is 1. The normalized spacial score (nSPS) is 26.1. The Morgan fingerprint density at radius 3 is 2.38 bits per heavy atom. The summed E-state index contributed by atoms with van der Waals surface area (Å²) < 4.78 is 5.48. The van der Waals surface area contributed by atoms with Crippen molar-refractivity contribution >= 4 is 24.0 Å². The maximum atomic E-state index is 12.3. The summed E-state index contributed by atoms with van der Waals surface area (Å²) in [6.07, 6.45) is 5.62. The second-order valence-electron chi connectivity index (χ2n) is 7.81. The molecule has 1 aliphatic carbocycles. The standard InChI is InChI=1S/C20H29N3O2.ClH/c21-18-3-1-10-23(19(18)24)17-6-4-16(5-7-17)20(8-2-9-20)15-22-11-13-25-14-12-22;/h4-7,18H,1-3,8-15,21H2;1H. The Bertz CT molecular complexity index is 612. The fourth-order valence-electron chi connectivity index (χ4n) is 4.48. The lowest BCUT2D eigenvalue weighted by Crippen LogP contribution is -2.49. The van der Waals surface area contributed by atoms with Gasteiger partial charge in [-0.15, -0.1) is 12.4 Å². The monoisotopic (exact) mass is 379 g/mol. The van der Waals surface area contributed by atoms with Crippen LogP contribution in [-0.4, -0.2) is 56.2 Å². The smallest absolute Gasteiger partial charge is 0.243 e. The van der Waals surface area contributed by atoms with Crippen LogP contribution >= 0.6 is 12.4 Å². The maximum absolute atomic E-state index is 12.3. The minimum Gasteiger partial charge on any atom is -0.379 e. The number of ether oxygens (including phenoxy) is 1. The summed E-state index contributed by atoms with van der Waals surface area (Å²) in [7, 11) is 0. The van der Waals surface area contributed by atoms with Crippen molar-refractivity contribution in [3.63, 3.8) is 0 Å². The number of piperidine rings is 1. The molecule has 1 aromatic rings. The van der Waals surface area contributed by atoms with Gasteiger partial charge in [-0.3, -0.25) is 9.69 Å². The number of nitrogens with zero attached hydrogens (tertiary/aromatic N) is 2. The number of hydrogen-bond acceptors (Lipinski definition) is 4. The van der Waals surface area contributed by atoms with E-state index in [1.807, 2.05) is 4.90 Å². The molecule has 2 heterocycles. The largest absolute Gasteiger partial charge is 0.379 e. The first kappa shape index (κ1) is 19.6. The van der Waals surface area contributed by atoms with Crippen LogP contribution < -0.4 is 10.6 Å². The molecule has 0 aromatic heterocycles. The van der Waals surface area contributed by atoms with Crippen LogP contribution in [0.4, 0.5) is 5.69 Å². The third kappa shape index (κ3) is 3.77. The third-order valence-electron chi connectivity index (χ3n) is 6.21. The summed E-state index contributed by atoms with van der Waals surface area (Å²) in [5, 5.41) is 0. The van der Waals surface area contributed by atoms with Crippen molar-refractivity contribution in [1.29, 1.82) is 0 Å². The second-order valence-corrected chi connectivity index (χ2v) is 7.81. The molecule has 2 saturated heterocycles. The number of amides is 1. The van der Waals surface area contributed by atoms with E-state index in [0.29, 0.717) is 0 Å². The van der Waals surface area contributed by atoms with E-state index in [9.17, 15) is 4.79 Å². The van der Waals surface area contributed by atoms with E-state index < -0.39 is 0 Å². The predicted molar refractivity (Wildman–Crippen MR) is 106 cm³/mol. The van der Waals surface area contributed by atoms with Crippen molar-refractivity contribution in [1.82, 2.24) is 4.90 Å². The summed E-state index contributed by atoms with van der Waals surface area (Å²) in [6.45, 7) is 5.70. The average molecular weight is 380 g/mol. The maximum Gasteiger partial charge on any atom is 0.243 e. The van der Waals surface area contributed by atoms with Crippen LogP contribution in [0, 0.1) is 0 Å². The molecule has 1 unspecified atom stereocenters. The Morgan fingerprint density at radius 2 is 1.77 bits per heavy atom. The van der Waals surface area contributed by atoms with Gasteiger partial charge in [0.15, 0.2) is 0 Å². The first-order valence-electron chi connectivity index (χ1n) is 9.66. The average Bonchev–Trinajstić information content (AvgIpc) is 2.62. The molecule has 3 aliphatic rings. The van der Waals surface area contributed by atoms with Gasteiger partial charge in [0.25, 0.3) is 0 Å². The van der Waals surface area contributed by atoms with E-state index in [1.165, 1.54) is 24.8 Å². The van der Waals surface area contributed by atoms with Crippen molar-refractivity contribution in [3.8, 4) is 0 Å². The Hall–Kier alpha value is -1.14. The van der Waals surface area contributed by atoms with Gasteiger partial charge in [-0.25, -0.2) is 0 Å². The highest BCUT2D eigenvalue weighted by Gasteiger charge is 2.40. The second kappa shape index (κ2) is 8.26. The lowest BCUT2D eigenvalue weighted by Gasteiger charge is -2.46. The Morgan fingerprint density at radius 1 is 1.08 bits per heavy atom. The van der Waals surface area contributed by atoms with Crippen molar-refractivity contribution in [2.75, 3.05) is 44.3 Å². The fourth-order valence-corrected chi connectivity index (χ4v) is 4.48. The molecular weight excluding hydrogens is 350 g/mol. The van der Waals surface area contributed by atoms with Crippen LogP contribution in [0.3, 0.4) is 0 Å². The number of rotatable bonds is 4. The fraction of sp³-hybridized carbons (Fsp3) is 0.650. The molecule has 0 bridgehead atoms. The molecule has 144 valence electrons. The highest BCUT2D eigenvalue weighted by Crippen LogP contribution is 2.45. The van der Waals surface area contributed by atoms with Gasteiger partial charge < -0.3 is 15.4 Å². The van der Waals surface area contributed by atoms with E-state index in [2.05, 4.69) is 29.2 Å². The molecule has 26 heavy (non-hydrogen) atoms. The first-order chi connectivity index (χ1) is 12.2. The number of anilines is 1. The molecule has 1 atom stereocenters. The van der Waals surface area contributed by atoms with Gasteiger partial charge in [0.05, 0.1) is 19.3 Å². The van der Waals surface area contributed by atoms with E-state index in [4.69, 9.17) is 10.5 Å². The molecular formula is C20H30ClN3O2. The van der Waals surface area contributed by atoms with E-state index in [-0.39, 0.29) is 29.8 Å². The van der Waals surface area contributed by atoms with Crippen LogP contribution in [-0.2, 0) is 14.9 Å². The van der Waals surface area contributed by atoms with Gasteiger partial charge in [0.2, 0.25) is 5.91 Å². The number of carbonyl (C=O) groups excluding carboxylic acids is 1. The Kier molecular flexibility index (Phi) is 6.23. The topological polar surface area (TPSA) is 58.8 Å². The van der Waals surface area contributed by atoms with Crippen LogP contribution in [0.25, 0.3) is 0 Å². The minimum absolute atomic E-state index is 0. The molecule has 1 amide bonds. The molecule has 6 heteroatoms. The summed E-state index contributed by atoms with van der Waals surface area (Å²) >= 11 is 0. The van der Waals surface area contributed by atoms with Crippen LogP contribution in [0.2, 0.25) is 0 Å². The van der Waals surface area contributed by atoms with Gasteiger partial charge in [0, 0.05) is 37.3 Å². The zero-order valence-corrected chi connectivity index (χ0v) is 16.2. The number of carbonyl (C=O) groups is 1. The molecule has 4 rings (SSSR count). The lowest BCUT2D eigenvalue weighted by molar-refractivity contribution is -0.120. The van der Waals surface area contributed by atoms with Crippen molar-refractivity contribution in [2.24, 2.45) is 5.73 Å². The predicted octanol–water partition coefficient (Wildman–Crippen LogP) is 2.32. The molecule has 5 nitrogen and oxygen atoms in total. The number of nitrogens with two attached hydrogens (primary N) is 1. The summed E-state index contributed by atoms with van der Waals surface area (Å²) in [5.74, 6) is 0.0608. The lowest BCUT2D eigenvalue weighted by atomic mass is 9.64. The number of hydrogen-bond donors (Lipinski definition) is 1. The molecule has 1 aromatic carbocycles. The molecule has 2 aliphatic heterocycles. The molecule has 0 radical (unpaired) electrons. The van der Waals surface area contributed by atoms with Crippen LogP contribution in [0.5, 0.6) is 0 Å². The van der Waals surface area contributed by atoms with Gasteiger partial charge in [-0.05, 0) is 43.4 Å². The SMILES string of the molecule is Cl.NC1CCCN(c2ccc(C3(CN4CCOCC4)CCC3)cc2)C1=O. The molecule has 1 saturated carbocycles. The van der Waals surface area contributed by atoms with E-state index in [1.54, 1.807) is 0 Å². The minimum atomic E-state index is -0.340. The Labute approximate surface area is 162 Å². The van der Waals surface area contributed by atoms with E-state index in [0.717, 1.165) is 57.9 Å². The quantitative estimate of drug-likeness (QED) is 0.872. The molecule has 2 N–H and O–H groups in total. The first-order valence-corrected chi connectivity index (χ1v) is 9.66. The highest BCUT2D eigenvalue weighted by atomic mass is 35.5. The zero-order chi connectivity index (χ0) is 17.3. The molecule has 3 fully saturated rings. The summed E-state index contributed by atoms with van der Waals surface area (Å²) in [5.41, 5.74) is 8.63. The van der Waals surface area contributed by atoms with E-state index >= 15 is 0 Å². The van der Waals surface area contributed by atoms with Crippen molar-refractivity contribution in [3.05, 3.63) is 29.8 Å². The zero-order valence-electron chi connectivity index (χ0n) is 15.4. The summed E-state index contributed by atoms with van der Waals surface area (Å²) in [6, 6.07) is 8.37. The number of benzene rings is 1. The van der Waals surface area contributed by atoms with Crippen molar-refractivity contribution < 1.29 is 9.53 Å². The van der Waals surface area contributed by atoms with Gasteiger partial charge in [-0.2, -0.15) is 0 Å². The van der Waals surface area contributed by atoms with Crippen LogP contribution in [0.1, 0.15) is 37.7 Å². The Balaban J connectivity index is 0.00000196. The van der Waals surface area contributed by atoms with Gasteiger partial charge >= 0.3 is 0 Å². The van der Waals surface area contributed by atoms with Crippen molar-refractivity contribution in [2.45, 2.75) is 43.6 Å². The van der Waals surface area contributed by atoms with Crippen LogP contribution in [0.15, 0.2) is 24.3 Å². The number of halogens is 1.